The average Bonchev–Trinajstić information content (AvgIpc) is 2.74. The van der Waals surface area contributed by atoms with Crippen LogP contribution < -0.4 is 10.9 Å². The van der Waals surface area contributed by atoms with Crippen molar-refractivity contribution in [2.45, 2.75) is 13.5 Å². The molecule has 150 valence electrons. The Kier molecular flexibility index (Phi) is 5.02. The van der Waals surface area contributed by atoms with Crippen molar-refractivity contribution in [1.29, 1.82) is 0 Å². The van der Waals surface area contributed by atoms with Gasteiger partial charge in [-0.1, -0.05) is 30.3 Å². The summed E-state index contributed by atoms with van der Waals surface area (Å²) in [7, 11) is 0. The average molecular weight is 403 g/mol. The molecule has 7 heteroatoms. The number of carbonyl (C=O) groups is 1. The van der Waals surface area contributed by atoms with Crippen LogP contribution in [0, 0.1) is 12.7 Å². The first kappa shape index (κ1) is 19.3. The number of anilines is 1. The Bertz CT molecular complexity index is 1320. The summed E-state index contributed by atoms with van der Waals surface area (Å²) in [6.07, 6.45) is 1.52. The van der Waals surface area contributed by atoms with E-state index in [-0.39, 0.29) is 17.6 Å². The van der Waals surface area contributed by atoms with E-state index in [4.69, 9.17) is 0 Å². The van der Waals surface area contributed by atoms with Gasteiger partial charge >= 0.3 is 0 Å². The largest absolute Gasteiger partial charge is 0.506 e. The van der Waals surface area contributed by atoms with Crippen molar-refractivity contribution in [3.63, 3.8) is 0 Å². The van der Waals surface area contributed by atoms with Gasteiger partial charge in [0.15, 0.2) is 0 Å². The minimum absolute atomic E-state index is 0.184. The molecule has 2 aromatic heterocycles. The first-order valence-corrected chi connectivity index (χ1v) is 9.27. The Labute approximate surface area is 171 Å². The fraction of sp³-hybridized carbons (Fsp3) is 0.0870. The molecule has 0 atom stereocenters. The third kappa shape index (κ3) is 3.53. The van der Waals surface area contributed by atoms with E-state index in [1.165, 1.54) is 29.0 Å². The van der Waals surface area contributed by atoms with Crippen LogP contribution in [0.4, 0.5) is 10.1 Å². The van der Waals surface area contributed by atoms with E-state index in [0.29, 0.717) is 11.3 Å². The molecule has 2 aromatic carbocycles. The van der Waals surface area contributed by atoms with Crippen molar-refractivity contribution in [3.05, 3.63) is 99.7 Å². The minimum Gasteiger partial charge on any atom is -0.506 e. The summed E-state index contributed by atoms with van der Waals surface area (Å²) in [6.45, 7) is 1.82. The Morgan fingerprint density at radius 2 is 1.90 bits per heavy atom. The molecule has 0 saturated carbocycles. The van der Waals surface area contributed by atoms with E-state index in [1.807, 2.05) is 30.3 Å². The lowest BCUT2D eigenvalue weighted by Gasteiger charge is -2.15. The number of rotatable bonds is 4. The zero-order chi connectivity index (χ0) is 21.3. The van der Waals surface area contributed by atoms with Gasteiger partial charge in [-0.2, -0.15) is 0 Å². The van der Waals surface area contributed by atoms with E-state index in [0.717, 1.165) is 5.56 Å². The van der Waals surface area contributed by atoms with E-state index in [1.54, 1.807) is 19.1 Å². The predicted molar refractivity (Wildman–Crippen MR) is 112 cm³/mol. The first-order valence-electron chi connectivity index (χ1n) is 9.27. The first-order chi connectivity index (χ1) is 14.5. The fourth-order valence-electron chi connectivity index (χ4n) is 3.33. The molecule has 6 nitrogen and oxygen atoms in total. The van der Waals surface area contributed by atoms with Crippen molar-refractivity contribution in [2.24, 2.45) is 0 Å². The SMILES string of the molecule is Cc1cc(F)ccc1NC(=O)c1c(O)c2cccnc2n(Cc2ccccc2)c1=O. The molecule has 0 aliphatic carbocycles. The normalized spacial score (nSPS) is 10.9. The van der Waals surface area contributed by atoms with Crippen molar-refractivity contribution >= 4 is 22.6 Å². The zero-order valence-corrected chi connectivity index (χ0v) is 16.1. The standard InChI is InChI=1S/C23H18FN3O3/c1-14-12-16(24)9-10-18(14)26-22(29)19-20(28)17-8-5-11-25-21(17)27(23(19)30)13-15-6-3-2-4-7-15/h2-12,28H,13H2,1H3,(H,26,29). The summed E-state index contributed by atoms with van der Waals surface area (Å²) in [4.78, 5) is 30.4. The van der Waals surface area contributed by atoms with Crippen molar-refractivity contribution in [3.8, 4) is 5.75 Å². The molecule has 2 heterocycles. The highest BCUT2D eigenvalue weighted by Gasteiger charge is 2.23. The Balaban J connectivity index is 1.85. The Hall–Kier alpha value is -4.00. The van der Waals surface area contributed by atoms with Crippen molar-refractivity contribution in [2.75, 3.05) is 5.32 Å². The molecule has 0 spiro atoms. The van der Waals surface area contributed by atoms with E-state index < -0.39 is 28.6 Å². The van der Waals surface area contributed by atoms with E-state index >= 15 is 0 Å². The lowest BCUT2D eigenvalue weighted by Crippen LogP contribution is -2.30. The van der Waals surface area contributed by atoms with E-state index in [9.17, 15) is 19.1 Å². The fourth-order valence-corrected chi connectivity index (χ4v) is 3.33. The summed E-state index contributed by atoms with van der Waals surface area (Å²) < 4.78 is 14.7. The van der Waals surface area contributed by atoms with Gasteiger partial charge < -0.3 is 10.4 Å². The highest BCUT2D eigenvalue weighted by atomic mass is 19.1. The molecule has 30 heavy (non-hydrogen) atoms. The third-order valence-corrected chi connectivity index (χ3v) is 4.84. The van der Waals surface area contributed by atoms with Crippen LogP contribution in [-0.2, 0) is 6.54 Å². The number of aromatic nitrogens is 2. The maximum Gasteiger partial charge on any atom is 0.269 e. The molecule has 4 rings (SSSR count). The van der Waals surface area contributed by atoms with Gasteiger partial charge in [0.05, 0.1) is 11.9 Å². The monoisotopic (exact) mass is 403 g/mol. The number of aryl methyl sites for hydroxylation is 1. The topological polar surface area (TPSA) is 84.2 Å². The zero-order valence-electron chi connectivity index (χ0n) is 16.1. The van der Waals surface area contributed by atoms with Gasteiger partial charge in [-0.25, -0.2) is 9.37 Å². The highest BCUT2D eigenvalue weighted by molar-refractivity contribution is 6.09. The molecule has 0 aliphatic heterocycles. The number of carbonyl (C=O) groups excluding carboxylic acids is 1. The molecule has 0 unspecified atom stereocenters. The van der Waals surface area contributed by atoms with Crippen LogP contribution in [0.3, 0.4) is 0 Å². The molecule has 1 amide bonds. The lowest BCUT2D eigenvalue weighted by atomic mass is 10.1. The maximum absolute atomic E-state index is 13.4. The third-order valence-electron chi connectivity index (χ3n) is 4.84. The predicted octanol–water partition coefficient (Wildman–Crippen LogP) is 3.85. The molecule has 0 fully saturated rings. The Morgan fingerprint density at radius 1 is 1.13 bits per heavy atom. The molecular weight excluding hydrogens is 385 g/mol. The smallest absolute Gasteiger partial charge is 0.269 e. The van der Waals surface area contributed by atoms with Crippen LogP contribution in [0.25, 0.3) is 11.0 Å². The van der Waals surface area contributed by atoms with Gasteiger partial charge in [0.25, 0.3) is 11.5 Å². The molecule has 0 saturated heterocycles. The number of halogens is 1. The number of amides is 1. The lowest BCUT2D eigenvalue weighted by molar-refractivity contribution is 0.102. The molecular formula is C23H18FN3O3. The van der Waals surface area contributed by atoms with Crippen molar-refractivity contribution in [1.82, 2.24) is 9.55 Å². The van der Waals surface area contributed by atoms with Crippen LogP contribution in [0.1, 0.15) is 21.5 Å². The quantitative estimate of drug-likeness (QED) is 0.542. The summed E-state index contributed by atoms with van der Waals surface area (Å²) >= 11 is 0. The molecule has 0 bridgehead atoms. The number of nitrogens with zero attached hydrogens (tertiary/aromatic N) is 2. The van der Waals surface area contributed by atoms with Crippen LogP contribution >= 0.6 is 0 Å². The minimum atomic E-state index is -0.778. The van der Waals surface area contributed by atoms with Gasteiger partial charge in [0.1, 0.15) is 22.8 Å². The second kappa shape index (κ2) is 7.79. The number of nitrogens with one attached hydrogen (secondary N) is 1. The number of hydrogen-bond donors (Lipinski definition) is 2. The molecule has 4 aromatic rings. The summed E-state index contributed by atoms with van der Waals surface area (Å²) in [5.74, 6) is -1.65. The van der Waals surface area contributed by atoms with Gasteiger partial charge in [0, 0.05) is 11.9 Å². The number of fused-ring (bicyclic) bond motifs is 1. The van der Waals surface area contributed by atoms with Gasteiger partial charge in [-0.15, -0.1) is 0 Å². The molecule has 0 radical (unpaired) electrons. The number of aromatic hydroxyl groups is 1. The second-order valence-electron chi connectivity index (χ2n) is 6.89. The van der Waals surface area contributed by atoms with E-state index in [2.05, 4.69) is 10.3 Å². The number of pyridine rings is 2. The molecule has 0 aliphatic rings. The van der Waals surface area contributed by atoms with Crippen LogP contribution in [0.15, 0.2) is 71.7 Å². The molecule has 2 N–H and O–H groups in total. The van der Waals surface area contributed by atoms with Gasteiger partial charge in [-0.3, -0.25) is 14.2 Å². The van der Waals surface area contributed by atoms with Crippen LogP contribution in [0.2, 0.25) is 0 Å². The van der Waals surface area contributed by atoms with Crippen molar-refractivity contribution < 1.29 is 14.3 Å². The summed E-state index contributed by atoms with van der Waals surface area (Å²) in [5, 5.41) is 13.6. The van der Waals surface area contributed by atoms with Gasteiger partial charge in [-0.05, 0) is 48.4 Å². The summed E-state index contributed by atoms with van der Waals surface area (Å²) in [6, 6.07) is 16.4. The second-order valence-corrected chi connectivity index (χ2v) is 6.89. The van der Waals surface area contributed by atoms with Gasteiger partial charge in [0.2, 0.25) is 0 Å². The number of benzene rings is 2. The van der Waals surface area contributed by atoms with Crippen LogP contribution in [0.5, 0.6) is 5.75 Å². The Morgan fingerprint density at radius 3 is 2.63 bits per heavy atom. The number of hydrogen-bond acceptors (Lipinski definition) is 4. The van der Waals surface area contributed by atoms with Crippen LogP contribution in [-0.4, -0.2) is 20.6 Å². The summed E-state index contributed by atoms with van der Waals surface area (Å²) in [5.41, 5.74) is 0.905. The highest BCUT2D eigenvalue weighted by Crippen LogP contribution is 2.26. The maximum atomic E-state index is 13.4.